The molecule has 0 aliphatic heterocycles. The molecule has 2 N–H and O–H groups in total. The Bertz CT molecular complexity index is 500. The molecule has 0 aromatic carbocycles. The lowest BCUT2D eigenvalue weighted by Gasteiger charge is -2.40. The molecule has 1 fully saturated rings. The summed E-state index contributed by atoms with van der Waals surface area (Å²) < 4.78 is 0. The van der Waals surface area contributed by atoms with E-state index in [9.17, 15) is 9.90 Å². The van der Waals surface area contributed by atoms with Gasteiger partial charge in [-0.3, -0.25) is 4.79 Å². The molecular weight excluding hydrogens is 294 g/mol. The third-order valence-corrected chi connectivity index (χ3v) is 5.91. The van der Waals surface area contributed by atoms with E-state index in [4.69, 9.17) is 11.6 Å². The van der Waals surface area contributed by atoms with Crippen molar-refractivity contribution in [3.63, 3.8) is 0 Å². The van der Waals surface area contributed by atoms with Gasteiger partial charge in [0.25, 0.3) is 5.91 Å². The maximum atomic E-state index is 12.1. The fraction of sp³-hybridized carbons (Fsp3) is 0.667. The highest BCUT2D eigenvalue weighted by Gasteiger charge is 2.36. The summed E-state index contributed by atoms with van der Waals surface area (Å²) in [7, 11) is 0. The van der Waals surface area contributed by atoms with Gasteiger partial charge in [-0.05, 0) is 49.0 Å². The summed E-state index contributed by atoms with van der Waals surface area (Å²) in [6.45, 7) is 6.63. The van der Waals surface area contributed by atoms with Crippen LogP contribution in [-0.2, 0) is 0 Å². The molecule has 2 rings (SSSR count). The first-order valence-corrected chi connectivity index (χ1v) is 8.22. The van der Waals surface area contributed by atoms with E-state index in [1.54, 1.807) is 0 Å². The van der Waals surface area contributed by atoms with Crippen molar-refractivity contribution in [1.82, 2.24) is 5.32 Å². The van der Waals surface area contributed by atoms with Crippen LogP contribution in [0.3, 0.4) is 0 Å². The monoisotopic (exact) mass is 315 g/mol. The number of rotatable bonds is 3. The van der Waals surface area contributed by atoms with Crippen LogP contribution in [0.5, 0.6) is 0 Å². The molecule has 1 aliphatic rings. The second-order valence-corrected chi connectivity index (χ2v) is 7.89. The highest BCUT2D eigenvalue weighted by Crippen LogP contribution is 2.39. The number of halogens is 1. The highest BCUT2D eigenvalue weighted by atomic mass is 35.5. The van der Waals surface area contributed by atoms with Gasteiger partial charge in [0, 0.05) is 6.54 Å². The van der Waals surface area contributed by atoms with Crippen LogP contribution in [0, 0.1) is 12.3 Å². The summed E-state index contributed by atoms with van der Waals surface area (Å²) >= 11 is 7.43. The third-order valence-electron chi connectivity index (χ3n) is 4.22. The molecule has 0 saturated heterocycles. The number of hydrogen-bond donors (Lipinski definition) is 2. The number of hydrogen-bond acceptors (Lipinski definition) is 3. The van der Waals surface area contributed by atoms with Crippen molar-refractivity contribution in [2.24, 2.45) is 5.41 Å². The summed E-state index contributed by atoms with van der Waals surface area (Å²) in [6, 6.07) is 0. The number of carbonyl (C=O) groups is 1. The fourth-order valence-electron chi connectivity index (χ4n) is 2.48. The minimum Gasteiger partial charge on any atom is -0.388 e. The molecule has 1 aliphatic carbocycles. The third kappa shape index (κ3) is 3.54. The second-order valence-electron chi connectivity index (χ2n) is 6.63. The summed E-state index contributed by atoms with van der Waals surface area (Å²) in [5.41, 5.74) is 0.439. The van der Waals surface area contributed by atoms with E-state index in [-0.39, 0.29) is 5.91 Å². The molecule has 1 amide bonds. The van der Waals surface area contributed by atoms with Crippen LogP contribution in [0.2, 0.25) is 5.02 Å². The molecule has 5 heteroatoms. The van der Waals surface area contributed by atoms with E-state index in [0.29, 0.717) is 21.9 Å². The van der Waals surface area contributed by atoms with Crippen LogP contribution in [0.4, 0.5) is 0 Å². The summed E-state index contributed by atoms with van der Waals surface area (Å²) in [5, 5.41) is 15.7. The van der Waals surface area contributed by atoms with Crippen molar-refractivity contribution in [2.45, 2.75) is 52.1 Å². The van der Waals surface area contributed by atoms with Crippen LogP contribution in [0.15, 0.2) is 5.38 Å². The van der Waals surface area contributed by atoms with Gasteiger partial charge in [0.15, 0.2) is 0 Å². The number of thiophene rings is 1. The van der Waals surface area contributed by atoms with E-state index in [1.165, 1.54) is 11.3 Å². The lowest BCUT2D eigenvalue weighted by Crippen LogP contribution is -2.46. The minimum absolute atomic E-state index is 0.189. The van der Waals surface area contributed by atoms with Crippen LogP contribution in [0.25, 0.3) is 0 Å². The van der Waals surface area contributed by atoms with Gasteiger partial charge < -0.3 is 10.4 Å². The van der Waals surface area contributed by atoms with Gasteiger partial charge in [-0.25, -0.2) is 0 Å². The molecule has 3 nitrogen and oxygen atoms in total. The van der Waals surface area contributed by atoms with Crippen molar-refractivity contribution in [2.75, 3.05) is 6.54 Å². The van der Waals surface area contributed by atoms with E-state index >= 15 is 0 Å². The van der Waals surface area contributed by atoms with Gasteiger partial charge in [-0.2, -0.15) is 0 Å². The number of carbonyl (C=O) groups excluding carboxylic acids is 1. The molecule has 20 heavy (non-hydrogen) atoms. The first kappa shape index (κ1) is 15.8. The Morgan fingerprint density at radius 2 is 2.00 bits per heavy atom. The predicted octanol–water partition coefficient (Wildman–Crippen LogP) is 3.77. The molecule has 0 radical (unpaired) electrons. The standard InChI is InChI=1S/C15H22ClNO2S/c1-10-8-20-12(11(10)16)13(18)17-9-15(19)6-4-14(2,3)5-7-15/h8,19H,4-7,9H2,1-3H3,(H,17,18). The first-order chi connectivity index (χ1) is 9.22. The van der Waals surface area contributed by atoms with Crippen LogP contribution in [-0.4, -0.2) is 23.2 Å². The number of nitrogens with one attached hydrogen (secondary N) is 1. The number of amides is 1. The first-order valence-electron chi connectivity index (χ1n) is 6.97. The summed E-state index contributed by atoms with van der Waals surface area (Å²) in [4.78, 5) is 12.6. The largest absolute Gasteiger partial charge is 0.388 e. The second kappa shape index (κ2) is 5.66. The van der Waals surface area contributed by atoms with E-state index < -0.39 is 5.60 Å². The van der Waals surface area contributed by atoms with Gasteiger partial charge in [0.05, 0.1) is 10.6 Å². The molecule has 0 unspecified atom stereocenters. The molecular formula is C15H22ClNO2S. The Hall–Kier alpha value is -0.580. The molecule has 1 aromatic rings. The Labute approximate surface area is 129 Å². The van der Waals surface area contributed by atoms with Gasteiger partial charge >= 0.3 is 0 Å². The average molecular weight is 316 g/mol. The van der Waals surface area contributed by atoms with Gasteiger partial charge in [0.2, 0.25) is 0 Å². The topological polar surface area (TPSA) is 49.3 Å². The van der Waals surface area contributed by atoms with Gasteiger partial charge in [-0.1, -0.05) is 25.4 Å². The van der Waals surface area contributed by atoms with Gasteiger partial charge in [-0.15, -0.1) is 11.3 Å². The Kier molecular flexibility index (Phi) is 4.47. The van der Waals surface area contributed by atoms with Crippen LogP contribution in [0.1, 0.15) is 54.8 Å². The summed E-state index contributed by atoms with van der Waals surface area (Å²) in [5.74, 6) is -0.189. The highest BCUT2D eigenvalue weighted by molar-refractivity contribution is 7.13. The van der Waals surface area contributed by atoms with E-state index in [2.05, 4.69) is 19.2 Å². The Morgan fingerprint density at radius 1 is 1.40 bits per heavy atom. The molecule has 1 aromatic heterocycles. The predicted molar refractivity (Wildman–Crippen MR) is 83.6 cm³/mol. The Morgan fingerprint density at radius 3 is 2.50 bits per heavy atom. The van der Waals surface area contributed by atoms with E-state index in [1.807, 2.05) is 12.3 Å². The number of aliphatic hydroxyl groups is 1. The lowest BCUT2D eigenvalue weighted by atomic mass is 9.71. The van der Waals surface area contributed by atoms with Crippen LogP contribution < -0.4 is 5.32 Å². The zero-order valence-electron chi connectivity index (χ0n) is 12.3. The van der Waals surface area contributed by atoms with Crippen LogP contribution >= 0.6 is 22.9 Å². The molecule has 0 bridgehead atoms. The average Bonchev–Trinajstić information content (AvgIpc) is 2.72. The van der Waals surface area contributed by atoms with Crippen molar-refractivity contribution >= 4 is 28.8 Å². The molecule has 1 heterocycles. The number of aryl methyl sites for hydroxylation is 1. The molecule has 112 valence electrons. The maximum Gasteiger partial charge on any atom is 0.262 e. The molecule has 0 atom stereocenters. The van der Waals surface area contributed by atoms with E-state index in [0.717, 1.165) is 31.2 Å². The lowest BCUT2D eigenvalue weighted by molar-refractivity contribution is -0.0232. The minimum atomic E-state index is -0.774. The van der Waals surface area contributed by atoms with Crippen molar-refractivity contribution in [3.8, 4) is 0 Å². The Balaban J connectivity index is 1.92. The van der Waals surface area contributed by atoms with Gasteiger partial charge in [0.1, 0.15) is 4.88 Å². The fourth-order valence-corrected chi connectivity index (χ4v) is 3.67. The maximum absolute atomic E-state index is 12.1. The molecule has 1 saturated carbocycles. The van der Waals surface area contributed by atoms with Crippen molar-refractivity contribution < 1.29 is 9.90 Å². The zero-order valence-corrected chi connectivity index (χ0v) is 13.8. The normalized spacial score (nSPS) is 20.6. The van der Waals surface area contributed by atoms with Crippen molar-refractivity contribution in [3.05, 3.63) is 20.8 Å². The quantitative estimate of drug-likeness (QED) is 0.892. The zero-order chi connectivity index (χ0) is 15.0. The summed E-state index contributed by atoms with van der Waals surface area (Å²) in [6.07, 6.45) is 3.44. The van der Waals surface area contributed by atoms with Crippen molar-refractivity contribution in [1.29, 1.82) is 0 Å². The smallest absolute Gasteiger partial charge is 0.262 e. The SMILES string of the molecule is Cc1csc(C(=O)NCC2(O)CCC(C)(C)CC2)c1Cl. The molecule has 0 spiro atoms.